The Morgan fingerprint density at radius 2 is 1.67 bits per heavy atom. The average molecular weight is 291 g/mol. The summed E-state index contributed by atoms with van der Waals surface area (Å²) in [5, 5.41) is 0. The third-order valence-electron chi connectivity index (χ3n) is 3.55. The third-order valence-corrected chi connectivity index (χ3v) is 3.55. The molecule has 1 aromatic carbocycles. The maximum absolute atomic E-state index is 12.2. The van der Waals surface area contributed by atoms with Crippen LogP contribution in [0.25, 0.3) is 0 Å². The van der Waals surface area contributed by atoms with Gasteiger partial charge < -0.3 is 9.64 Å². The molecule has 0 bridgehead atoms. The predicted octanol–water partition coefficient (Wildman–Crippen LogP) is 3.11. The summed E-state index contributed by atoms with van der Waals surface area (Å²) in [5.74, 6) is -0.615. The zero-order valence-corrected chi connectivity index (χ0v) is 13.8. The first-order chi connectivity index (χ1) is 9.75. The van der Waals surface area contributed by atoms with Gasteiger partial charge in [0.2, 0.25) is 0 Å². The predicted molar refractivity (Wildman–Crippen MR) is 83.3 cm³/mol. The van der Waals surface area contributed by atoms with Gasteiger partial charge in [-0.2, -0.15) is 0 Å². The van der Waals surface area contributed by atoms with Crippen LogP contribution in [0.4, 0.5) is 0 Å². The topological polar surface area (TPSA) is 46.6 Å². The van der Waals surface area contributed by atoms with Gasteiger partial charge in [0, 0.05) is 12.1 Å². The smallest absolute Gasteiger partial charge is 0.338 e. The van der Waals surface area contributed by atoms with Gasteiger partial charge in [0.25, 0.3) is 5.91 Å². The molecule has 0 spiro atoms. The van der Waals surface area contributed by atoms with Gasteiger partial charge >= 0.3 is 5.97 Å². The lowest BCUT2D eigenvalue weighted by Crippen LogP contribution is -2.44. The van der Waals surface area contributed by atoms with Crippen LogP contribution in [-0.4, -0.2) is 35.5 Å². The molecule has 0 heterocycles. The standard InChI is InChI=1S/C17H25NO3/c1-11(2)18(12(3)4)16(19)10-21-17(20)15-9-7-8-13(5)14(15)6/h7-9,11-12H,10H2,1-6H3. The molecular formula is C17H25NO3. The van der Waals surface area contributed by atoms with E-state index in [9.17, 15) is 9.59 Å². The number of hydrogen-bond acceptors (Lipinski definition) is 3. The molecule has 0 aliphatic carbocycles. The number of rotatable bonds is 5. The van der Waals surface area contributed by atoms with Gasteiger partial charge in [-0.05, 0) is 58.7 Å². The molecule has 116 valence electrons. The van der Waals surface area contributed by atoms with E-state index < -0.39 is 5.97 Å². The minimum Gasteiger partial charge on any atom is -0.452 e. The molecule has 4 heteroatoms. The molecule has 0 fully saturated rings. The molecule has 0 atom stereocenters. The molecule has 0 saturated heterocycles. The molecule has 0 radical (unpaired) electrons. The average Bonchev–Trinajstić information content (AvgIpc) is 2.38. The third kappa shape index (κ3) is 4.31. The van der Waals surface area contributed by atoms with Gasteiger partial charge in [0.15, 0.2) is 6.61 Å². The highest BCUT2D eigenvalue weighted by Crippen LogP contribution is 2.14. The van der Waals surface area contributed by atoms with Crippen molar-refractivity contribution in [3.8, 4) is 0 Å². The summed E-state index contributed by atoms with van der Waals surface area (Å²) in [7, 11) is 0. The van der Waals surface area contributed by atoms with Crippen molar-refractivity contribution in [2.24, 2.45) is 0 Å². The molecule has 1 amide bonds. The van der Waals surface area contributed by atoms with E-state index in [0.717, 1.165) is 11.1 Å². The number of ether oxygens (including phenoxy) is 1. The molecule has 0 unspecified atom stereocenters. The van der Waals surface area contributed by atoms with Crippen molar-refractivity contribution in [3.05, 3.63) is 34.9 Å². The van der Waals surface area contributed by atoms with E-state index in [4.69, 9.17) is 4.74 Å². The summed E-state index contributed by atoms with van der Waals surface area (Å²) in [6.45, 7) is 11.4. The summed E-state index contributed by atoms with van der Waals surface area (Å²) in [4.78, 5) is 26.0. The summed E-state index contributed by atoms with van der Waals surface area (Å²) in [6.07, 6.45) is 0. The normalized spacial score (nSPS) is 10.9. The number of benzene rings is 1. The van der Waals surface area contributed by atoms with Gasteiger partial charge in [-0.3, -0.25) is 4.79 Å². The van der Waals surface area contributed by atoms with Crippen LogP contribution < -0.4 is 0 Å². The molecule has 1 rings (SSSR count). The number of carbonyl (C=O) groups is 2. The Hall–Kier alpha value is -1.84. The Balaban J connectivity index is 2.72. The Bertz CT molecular complexity index is 513. The number of aryl methyl sites for hydroxylation is 1. The second-order valence-electron chi connectivity index (χ2n) is 5.81. The van der Waals surface area contributed by atoms with Crippen molar-refractivity contribution in [3.63, 3.8) is 0 Å². The van der Waals surface area contributed by atoms with Crippen LogP contribution >= 0.6 is 0 Å². The number of hydrogen-bond donors (Lipinski definition) is 0. The number of amides is 1. The molecule has 0 saturated carbocycles. The molecule has 21 heavy (non-hydrogen) atoms. The summed E-state index contributed by atoms with van der Waals surface area (Å²) in [6, 6.07) is 5.64. The van der Waals surface area contributed by atoms with E-state index >= 15 is 0 Å². The fourth-order valence-electron chi connectivity index (χ4n) is 2.42. The fraction of sp³-hybridized carbons (Fsp3) is 0.529. The Labute approximate surface area is 127 Å². The first-order valence-corrected chi connectivity index (χ1v) is 7.30. The molecule has 4 nitrogen and oxygen atoms in total. The second-order valence-corrected chi connectivity index (χ2v) is 5.81. The molecule has 0 aromatic heterocycles. The van der Waals surface area contributed by atoms with E-state index in [1.54, 1.807) is 11.0 Å². The van der Waals surface area contributed by atoms with Gasteiger partial charge in [-0.25, -0.2) is 4.79 Å². The summed E-state index contributed by atoms with van der Waals surface area (Å²) in [5.41, 5.74) is 2.43. The molecule has 0 aliphatic rings. The Kier molecular flexibility index (Phi) is 5.94. The Morgan fingerprint density at radius 3 is 2.19 bits per heavy atom. The second kappa shape index (κ2) is 7.25. The zero-order chi connectivity index (χ0) is 16.2. The van der Waals surface area contributed by atoms with Crippen LogP contribution in [0, 0.1) is 13.8 Å². The van der Waals surface area contributed by atoms with Crippen molar-refractivity contribution in [2.75, 3.05) is 6.61 Å². The SMILES string of the molecule is Cc1cccc(C(=O)OCC(=O)N(C(C)C)C(C)C)c1C. The minimum atomic E-state index is -0.447. The first-order valence-electron chi connectivity index (χ1n) is 7.30. The van der Waals surface area contributed by atoms with Crippen molar-refractivity contribution in [1.29, 1.82) is 0 Å². The monoisotopic (exact) mass is 291 g/mol. The largest absolute Gasteiger partial charge is 0.452 e. The highest BCUT2D eigenvalue weighted by atomic mass is 16.5. The van der Waals surface area contributed by atoms with Crippen LogP contribution in [0.1, 0.15) is 49.2 Å². The number of esters is 1. The van der Waals surface area contributed by atoms with E-state index in [-0.39, 0.29) is 24.6 Å². The van der Waals surface area contributed by atoms with Crippen molar-refractivity contribution < 1.29 is 14.3 Å². The molecular weight excluding hydrogens is 266 g/mol. The lowest BCUT2D eigenvalue weighted by atomic mass is 10.0. The maximum atomic E-state index is 12.2. The molecule has 0 aliphatic heterocycles. The van der Waals surface area contributed by atoms with Gasteiger partial charge in [-0.15, -0.1) is 0 Å². The van der Waals surface area contributed by atoms with Crippen molar-refractivity contribution in [1.82, 2.24) is 4.90 Å². The van der Waals surface area contributed by atoms with Gasteiger partial charge in [0.05, 0.1) is 5.56 Å². The van der Waals surface area contributed by atoms with Crippen LogP contribution in [0.5, 0.6) is 0 Å². The number of nitrogens with zero attached hydrogens (tertiary/aromatic N) is 1. The zero-order valence-electron chi connectivity index (χ0n) is 13.8. The van der Waals surface area contributed by atoms with Crippen LogP contribution in [0.3, 0.4) is 0 Å². The Morgan fingerprint density at radius 1 is 1.10 bits per heavy atom. The summed E-state index contributed by atoms with van der Waals surface area (Å²) >= 11 is 0. The lowest BCUT2D eigenvalue weighted by molar-refractivity contribution is -0.138. The molecule has 1 aromatic rings. The van der Waals surface area contributed by atoms with E-state index in [1.165, 1.54) is 0 Å². The highest BCUT2D eigenvalue weighted by Gasteiger charge is 2.22. The van der Waals surface area contributed by atoms with E-state index in [1.807, 2.05) is 53.7 Å². The molecule has 0 N–H and O–H groups in total. The first kappa shape index (κ1) is 17.2. The fourth-order valence-corrected chi connectivity index (χ4v) is 2.42. The van der Waals surface area contributed by atoms with E-state index in [2.05, 4.69) is 0 Å². The highest BCUT2D eigenvalue weighted by molar-refractivity contribution is 5.93. The van der Waals surface area contributed by atoms with Crippen LogP contribution in [0.15, 0.2) is 18.2 Å². The van der Waals surface area contributed by atoms with E-state index in [0.29, 0.717) is 5.56 Å². The number of carbonyl (C=O) groups excluding carboxylic acids is 2. The van der Waals surface area contributed by atoms with Crippen molar-refractivity contribution in [2.45, 2.75) is 53.6 Å². The lowest BCUT2D eigenvalue weighted by Gasteiger charge is -2.30. The quantitative estimate of drug-likeness (QED) is 0.783. The minimum absolute atomic E-state index is 0.0805. The van der Waals surface area contributed by atoms with Crippen molar-refractivity contribution >= 4 is 11.9 Å². The van der Waals surface area contributed by atoms with Gasteiger partial charge in [0.1, 0.15) is 0 Å². The summed E-state index contributed by atoms with van der Waals surface area (Å²) < 4.78 is 5.18. The van der Waals surface area contributed by atoms with Crippen LogP contribution in [0.2, 0.25) is 0 Å². The van der Waals surface area contributed by atoms with Gasteiger partial charge in [-0.1, -0.05) is 12.1 Å². The maximum Gasteiger partial charge on any atom is 0.338 e. The van der Waals surface area contributed by atoms with Crippen LogP contribution in [-0.2, 0) is 9.53 Å².